The van der Waals surface area contributed by atoms with E-state index in [2.05, 4.69) is 26.3 Å². The lowest BCUT2D eigenvalue weighted by Crippen LogP contribution is -2.11. The first-order valence-corrected chi connectivity index (χ1v) is 11.5. The van der Waals surface area contributed by atoms with Gasteiger partial charge in [0.25, 0.3) is 11.6 Å². The number of aryl methyl sites for hydroxylation is 3. The molecule has 0 aliphatic carbocycles. The van der Waals surface area contributed by atoms with Gasteiger partial charge in [0, 0.05) is 12.1 Å². The summed E-state index contributed by atoms with van der Waals surface area (Å²) in [5.74, 6) is 0.895. The average molecular weight is 539 g/mol. The molecule has 1 N–H and O–H groups in total. The minimum atomic E-state index is -0.539. The molecule has 0 aliphatic rings. The molecule has 35 heavy (non-hydrogen) atoms. The van der Waals surface area contributed by atoms with Gasteiger partial charge in [-0.25, -0.2) is 0 Å². The number of ether oxygens (including phenoxy) is 1. The zero-order valence-electron chi connectivity index (χ0n) is 19.6. The van der Waals surface area contributed by atoms with E-state index < -0.39 is 10.8 Å². The van der Waals surface area contributed by atoms with Crippen LogP contribution in [0.5, 0.6) is 11.5 Å². The van der Waals surface area contributed by atoms with Gasteiger partial charge in [-0.1, -0.05) is 12.1 Å². The Balaban J connectivity index is 1.54. The molecule has 2 aromatic heterocycles. The Morgan fingerprint density at radius 1 is 1.14 bits per heavy atom. The first-order valence-electron chi connectivity index (χ1n) is 10.7. The lowest BCUT2D eigenvalue weighted by atomic mass is 10.1. The monoisotopic (exact) mass is 538 g/mol. The van der Waals surface area contributed by atoms with Gasteiger partial charge in [0.1, 0.15) is 17.3 Å². The van der Waals surface area contributed by atoms with Gasteiger partial charge in [0.2, 0.25) is 0 Å². The molecule has 0 spiro atoms. The number of nitrogens with one attached hydrogen (secondary N) is 1. The maximum Gasteiger partial charge on any atom is 0.291 e. The average Bonchev–Trinajstić information content (AvgIpc) is 3.37. The molecular weight excluding hydrogens is 516 g/mol. The number of amides is 1. The lowest BCUT2D eigenvalue weighted by Gasteiger charge is -2.11. The summed E-state index contributed by atoms with van der Waals surface area (Å²) in [6.07, 6.45) is 0. The van der Waals surface area contributed by atoms with E-state index in [1.807, 2.05) is 45.9 Å². The number of halogens is 1. The predicted octanol–water partition coefficient (Wildman–Crippen LogP) is 6.47. The Bertz CT molecular complexity index is 1440. The largest absolute Gasteiger partial charge is 0.457 e. The molecule has 0 saturated heterocycles. The summed E-state index contributed by atoms with van der Waals surface area (Å²) in [5, 5.41) is 18.6. The fourth-order valence-corrected chi connectivity index (χ4v) is 3.80. The van der Waals surface area contributed by atoms with E-state index in [1.54, 1.807) is 16.8 Å². The summed E-state index contributed by atoms with van der Waals surface area (Å²) in [5.41, 5.74) is 3.68. The minimum Gasteiger partial charge on any atom is -0.457 e. The zero-order valence-corrected chi connectivity index (χ0v) is 21.2. The van der Waals surface area contributed by atoms with Crippen LogP contribution < -0.4 is 10.1 Å². The highest BCUT2D eigenvalue weighted by Crippen LogP contribution is 2.32. The Labute approximate surface area is 210 Å². The van der Waals surface area contributed by atoms with Crippen molar-refractivity contribution < 1.29 is 18.9 Å². The maximum absolute atomic E-state index is 12.8. The van der Waals surface area contributed by atoms with Crippen molar-refractivity contribution in [1.29, 1.82) is 0 Å². The fraction of sp³-hybridized carbons (Fsp3) is 0.200. The van der Waals surface area contributed by atoms with E-state index >= 15 is 0 Å². The van der Waals surface area contributed by atoms with Gasteiger partial charge in [-0.3, -0.25) is 19.6 Å². The Hall–Kier alpha value is -3.92. The number of non-ortho nitro benzene ring substituents is 1. The van der Waals surface area contributed by atoms with Crippen LogP contribution in [0.1, 0.15) is 38.8 Å². The number of nitro benzene ring substituents is 1. The lowest BCUT2D eigenvalue weighted by molar-refractivity contribution is -0.384. The molecule has 0 saturated carbocycles. The molecule has 0 unspecified atom stereocenters. The Morgan fingerprint density at radius 2 is 1.91 bits per heavy atom. The summed E-state index contributed by atoms with van der Waals surface area (Å²) >= 11 is 3.49. The van der Waals surface area contributed by atoms with Crippen molar-refractivity contribution in [3.8, 4) is 11.5 Å². The van der Waals surface area contributed by atoms with Crippen LogP contribution in [0.4, 0.5) is 11.4 Å². The van der Waals surface area contributed by atoms with Gasteiger partial charge in [-0.15, -0.1) is 0 Å². The van der Waals surface area contributed by atoms with Gasteiger partial charge in [-0.2, -0.15) is 5.10 Å². The molecule has 0 aliphatic heterocycles. The number of nitrogens with zero attached hydrogens (tertiary/aromatic N) is 3. The number of benzene rings is 2. The molecule has 2 aromatic carbocycles. The van der Waals surface area contributed by atoms with Gasteiger partial charge in [0.15, 0.2) is 5.76 Å². The van der Waals surface area contributed by atoms with Crippen LogP contribution in [0.25, 0.3) is 0 Å². The van der Waals surface area contributed by atoms with Gasteiger partial charge >= 0.3 is 0 Å². The number of hydrogen-bond donors (Lipinski definition) is 1. The second kappa shape index (κ2) is 9.75. The zero-order chi connectivity index (χ0) is 25.3. The molecule has 9 nitrogen and oxygen atoms in total. The van der Waals surface area contributed by atoms with E-state index in [9.17, 15) is 14.9 Å². The molecule has 0 fully saturated rings. The highest BCUT2D eigenvalue weighted by Gasteiger charge is 2.17. The van der Waals surface area contributed by atoms with Crippen LogP contribution in [-0.2, 0) is 6.54 Å². The fourth-order valence-electron chi connectivity index (χ4n) is 3.52. The summed E-state index contributed by atoms with van der Waals surface area (Å²) < 4.78 is 14.3. The number of aromatic nitrogens is 2. The number of rotatable bonds is 7. The SMILES string of the molecule is Cc1ccc(C)c(Oc2cc(NC(=O)c3ccc(Cn4nc(C)c(Br)c4C)o3)cc([N+](=O)[O-])c2)c1. The smallest absolute Gasteiger partial charge is 0.291 e. The number of furan rings is 1. The molecule has 4 aromatic rings. The van der Waals surface area contributed by atoms with Crippen LogP contribution in [-0.4, -0.2) is 20.6 Å². The van der Waals surface area contributed by atoms with E-state index in [0.717, 1.165) is 27.0 Å². The number of anilines is 1. The van der Waals surface area contributed by atoms with E-state index in [1.165, 1.54) is 18.2 Å². The highest BCUT2D eigenvalue weighted by atomic mass is 79.9. The van der Waals surface area contributed by atoms with Crippen molar-refractivity contribution in [3.63, 3.8) is 0 Å². The van der Waals surface area contributed by atoms with Crippen molar-refractivity contribution >= 4 is 33.2 Å². The van der Waals surface area contributed by atoms with Crippen molar-refractivity contribution in [3.05, 3.63) is 97.2 Å². The second-order valence-corrected chi connectivity index (χ2v) is 9.00. The number of nitro groups is 1. The summed E-state index contributed by atoms with van der Waals surface area (Å²) in [4.78, 5) is 23.7. The summed E-state index contributed by atoms with van der Waals surface area (Å²) in [6.45, 7) is 7.99. The van der Waals surface area contributed by atoms with Gasteiger partial charge in [0.05, 0.1) is 39.1 Å². The molecule has 180 valence electrons. The van der Waals surface area contributed by atoms with E-state index in [0.29, 0.717) is 18.1 Å². The van der Waals surface area contributed by atoms with Crippen LogP contribution in [0.3, 0.4) is 0 Å². The molecule has 2 heterocycles. The van der Waals surface area contributed by atoms with Crippen molar-refractivity contribution in [2.75, 3.05) is 5.32 Å². The predicted molar refractivity (Wildman–Crippen MR) is 134 cm³/mol. The molecule has 0 radical (unpaired) electrons. The number of hydrogen-bond acceptors (Lipinski definition) is 6. The van der Waals surface area contributed by atoms with Crippen LogP contribution >= 0.6 is 15.9 Å². The third-order valence-electron chi connectivity index (χ3n) is 5.42. The van der Waals surface area contributed by atoms with E-state index in [4.69, 9.17) is 9.15 Å². The standard InChI is InChI=1S/C25H23BrN4O5/c1-14-5-6-15(2)23(9-14)35-21-11-18(10-19(12-21)30(32)33)27-25(31)22-8-7-20(34-22)13-29-17(4)24(26)16(3)28-29/h5-12H,13H2,1-4H3,(H,27,31). The second-order valence-electron chi connectivity index (χ2n) is 8.21. The van der Waals surface area contributed by atoms with Crippen molar-refractivity contribution in [1.82, 2.24) is 9.78 Å². The quantitative estimate of drug-likeness (QED) is 0.213. The molecule has 10 heteroatoms. The van der Waals surface area contributed by atoms with Gasteiger partial charge in [-0.05, 0) is 73.0 Å². The van der Waals surface area contributed by atoms with E-state index in [-0.39, 0.29) is 22.9 Å². The first-order chi connectivity index (χ1) is 16.6. The third kappa shape index (κ3) is 5.43. The third-order valence-corrected chi connectivity index (χ3v) is 6.56. The first kappa shape index (κ1) is 24.2. The number of carbonyl (C=O) groups is 1. The maximum atomic E-state index is 12.8. The molecule has 0 atom stereocenters. The number of carbonyl (C=O) groups excluding carboxylic acids is 1. The van der Waals surface area contributed by atoms with Crippen LogP contribution in [0.2, 0.25) is 0 Å². The Morgan fingerprint density at radius 3 is 2.60 bits per heavy atom. The van der Waals surface area contributed by atoms with Crippen molar-refractivity contribution in [2.45, 2.75) is 34.2 Å². The normalized spacial score (nSPS) is 10.9. The molecular formula is C25H23BrN4O5. The van der Waals surface area contributed by atoms with Gasteiger partial charge < -0.3 is 14.5 Å². The summed E-state index contributed by atoms with van der Waals surface area (Å²) in [7, 11) is 0. The molecule has 4 rings (SSSR count). The highest BCUT2D eigenvalue weighted by molar-refractivity contribution is 9.10. The van der Waals surface area contributed by atoms with Crippen LogP contribution in [0.15, 0.2) is 57.4 Å². The van der Waals surface area contributed by atoms with Crippen LogP contribution in [0, 0.1) is 37.8 Å². The molecule has 1 amide bonds. The van der Waals surface area contributed by atoms with Crippen molar-refractivity contribution in [2.24, 2.45) is 0 Å². The Kier molecular flexibility index (Phi) is 6.74. The minimum absolute atomic E-state index is 0.0732. The molecule has 0 bridgehead atoms. The summed E-state index contributed by atoms with van der Waals surface area (Å²) in [6, 6.07) is 13.1. The topological polar surface area (TPSA) is 112 Å².